The van der Waals surface area contributed by atoms with Gasteiger partial charge in [0.25, 0.3) is 0 Å². The van der Waals surface area contributed by atoms with Gasteiger partial charge in [0, 0.05) is 16.5 Å². The highest BCUT2D eigenvalue weighted by molar-refractivity contribution is 6.34. The summed E-state index contributed by atoms with van der Waals surface area (Å²) < 4.78 is 0. The highest BCUT2D eigenvalue weighted by atomic mass is 35.5. The van der Waals surface area contributed by atoms with Crippen LogP contribution in [-0.2, 0) is 4.79 Å². The average molecular weight is 214 g/mol. The van der Waals surface area contributed by atoms with Gasteiger partial charge in [-0.1, -0.05) is 35.4 Å². The number of halogens is 2. The van der Waals surface area contributed by atoms with E-state index in [4.69, 9.17) is 23.2 Å². The summed E-state index contributed by atoms with van der Waals surface area (Å²) in [7, 11) is 0. The average Bonchev–Trinajstić information content (AvgIpc) is 2.03. The first-order valence-electron chi connectivity index (χ1n) is 3.70. The highest BCUT2D eigenvalue weighted by Crippen LogP contribution is 2.19. The van der Waals surface area contributed by atoms with Gasteiger partial charge in [0.1, 0.15) is 0 Å². The van der Waals surface area contributed by atoms with Gasteiger partial charge in [0.2, 0.25) is 6.29 Å². The normalized spacial score (nSPS) is 10.6. The molecule has 1 aromatic rings. The Morgan fingerprint density at radius 2 is 1.85 bits per heavy atom. The maximum atomic E-state index is 9.90. The third kappa shape index (κ3) is 3.62. The molecule has 1 rings (SSSR count). The van der Waals surface area contributed by atoms with E-state index in [-0.39, 0.29) is 6.42 Å². The molecule has 0 fully saturated rings. The van der Waals surface area contributed by atoms with Gasteiger partial charge in [0.05, 0.1) is 0 Å². The second kappa shape index (κ2) is 5.05. The van der Waals surface area contributed by atoms with E-state index in [1.165, 1.54) is 0 Å². The Morgan fingerprint density at radius 3 is 2.38 bits per heavy atom. The van der Waals surface area contributed by atoms with E-state index in [2.05, 4.69) is 0 Å². The molecule has 0 atom stereocenters. The third-order valence-electron chi connectivity index (χ3n) is 1.40. The Balaban J connectivity index is 2.82. The van der Waals surface area contributed by atoms with Crippen LogP contribution < -0.4 is 0 Å². The fourth-order valence-corrected chi connectivity index (χ4v) is 1.46. The van der Waals surface area contributed by atoms with Crippen molar-refractivity contribution in [1.82, 2.24) is 0 Å². The molecule has 0 amide bonds. The van der Waals surface area contributed by atoms with Gasteiger partial charge in [-0.05, 0) is 23.8 Å². The van der Waals surface area contributed by atoms with Crippen molar-refractivity contribution in [3.05, 3.63) is 39.9 Å². The van der Waals surface area contributed by atoms with Crippen LogP contribution in [0.25, 0.3) is 6.08 Å². The number of carbonyl (C=O) groups excluding carboxylic acids is 1. The standard InChI is InChI=1S/C10H7Cl2O/c11-9-5-8(3-1-2-4-13)6-10(12)7-9/h1,3,5-7H,2H2. The van der Waals surface area contributed by atoms with Crippen molar-refractivity contribution in [3.63, 3.8) is 0 Å². The summed E-state index contributed by atoms with van der Waals surface area (Å²) in [5.41, 5.74) is 0.882. The zero-order chi connectivity index (χ0) is 9.68. The highest BCUT2D eigenvalue weighted by Gasteiger charge is 1.93. The zero-order valence-electron chi connectivity index (χ0n) is 6.76. The van der Waals surface area contributed by atoms with E-state index in [1.54, 1.807) is 36.6 Å². The van der Waals surface area contributed by atoms with Crippen LogP contribution in [0.15, 0.2) is 24.3 Å². The molecule has 0 N–H and O–H groups in total. The summed E-state index contributed by atoms with van der Waals surface area (Å²) in [6, 6.07) is 5.20. The topological polar surface area (TPSA) is 17.1 Å². The first-order chi connectivity index (χ1) is 6.22. The summed E-state index contributed by atoms with van der Waals surface area (Å²) in [6.07, 6.45) is 5.53. The van der Waals surface area contributed by atoms with Crippen LogP contribution >= 0.6 is 23.2 Å². The number of allylic oxidation sites excluding steroid dienone is 1. The van der Waals surface area contributed by atoms with Gasteiger partial charge in [0.15, 0.2) is 0 Å². The minimum absolute atomic E-state index is 0.282. The molecule has 0 aliphatic rings. The predicted octanol–water partition coefficient (Wildman–Crippen LogP) is 3.51. The monoisotopic (exact) mass is 213 g/mol. The molecule has 0 bridgehead atoms. The third-order valence-corrected chi connectivity index (χ3v) is 1.83. The smallest absolute Gasteiger partial charge is 0.202 e. The second-order valence-corrected chi connectivity index (χ2v) is 3.33. The minimum atomic E-state index is 0.282. The van der Waals surface area contributed by atoms with Crippen LogP contribution in [0, 0.1) is 0 Å². The van der Waals surface area contributed by atoms with Crippen LogP contribution in [0.1, 0.15) is 12.0 Å². The maximum Gasteiger partial charge on any atom is 0.202 e. The molecule has 1 aromatic carbocycles. The van der Waals surface area contributed by atoms with Crippen molar-refractivity contribution in [2.24, 2.45) is 0 Å². The summed E-state index contributed by atoms with van der Waals surface area (Å²) in [5.74, 6) is 0. The van der Waals surface area contributed by atoms with Crippen molar-refractivity contribution < 1.29 is 4.79 Å². The number of hydrogen-bond donors (Lipinski definition) is 0. The fraction of sp³-hybridized carbons (Fsp3) is 0.100. The zero-order valence-corrected chi connectivity index (χ0v) is 8.27. The molecule has 0 saturated carbocycles. The van der Waals surface area contributed by atoms with Crippen LogP contribution in [0.4, 0.5) is 0 Å². The van der Waals surface area contributed by atoms with Crippen LogP contribution in [0.5, 0.6) is 0 Å². The van der Waals surface area contributed by atoms with Gasteiger partial charge in [-0.15, -0.1) is 0 Å². The maximum absolute atomic E-state index is 9.90. The van der Waals surface area contributed by atoms with Gasteiger partial charge < -0.3 is 0 Å². The molecule has 0 heterocycles. The Kier molecular flexibility index (Phi) is 4.00. The summed E-state index contributed by atoms with van der Waals surface area (Å²) in [4.78, 5) is 9.90. The van der Waals surface area contributed by atoms with E-state index in [0.29, 0.717) is 10.0 Å². The van der Waals surface area contributed by atoms with Crippen molar-refractivity contribution >= 4 is 35.6 Å². The molecule has 0 unspecified atom stereocenters. The van der Waals surface area contributed by atoms with Gasteiger partial charge in [-0.2, -0.15) is 0 Å². The van der Waals surface area contributed by atoms with Crippen molar-refractivity contribution in [3.8, 4) is 0 Å². The summed E-state index contributed by atoms with van der Waals surface area (Å²) >= 11 is 11.5. The van der Waals surface area contributed by atoms with E-state index in [0.717, 1.165) is 5.56 Å². The number of rotatable bonds is 3. The summed E-state index contributed by atoms with van der Waals surface area (Å²) in [5, 5.41) is 1.17. The number of hydrogen-bond acceptors (Lipinski definition) is 1. The second-order valence-electron chi connectivity index (χ2n) is 2.45. The van der Waals surface area contributed by atoms with Gasteiger partial charge >= 0.3 is 0 Å². The first-order valence-corrected chi connectivity index (χ1v) is 4.45. The Bertz CT molecular complexity index is 311. The van der Waals surface area contributed by atoms with Crippen LogP contribution in [0.3, 0.4) is 0 Å². The van der Waals surface area contributed by atoms with Crippen molar-refractivity contribution in [2.45, 2.75) is 6.42 Å². The van der Waals surface area contributed by atoms with Crippen molar-refractivity contribution in [2.75, 3.05) is 0 Å². The Morgan fingerprint density at radius 1 is 1.23 bits per heavy atom. The van der Waals surface area contributed by atoms with Crippen LogP contribution in [0.2, 0.25) is 10.0 Å². The Labute approximate surface area is 87.0 Å². The molecule has 0 aromatic heterocycles. The van der Waals surface area contributed by atoms with Crippen molar-refractivity contribution in [1.29, 1.82) is 0 Å². The predicted molar refractivity (Wildman–Crippen MR) is 55.8 cm³/mol. The molecule has 1 radical (unpaired) electrons. The van der Waals surface area contributed by atoms with Crippen LogP contribution in [-0.4, -0.2) is 6.29 Å². The molecule has 0 aliphatic carbocycles. The lowest BCUT2D eigenvalue weighted by Gasteiger charge is -1.96. The lowest BCUT2D eigenvalue weighted by atomic mass is 10.2. The molecule has 0 saturated heterocycles. The Hall–Kier alpha value is -0.790. The molecule has 0 spiro atoms. The molecular weight excluding hydrogens is 207 g/mol. The minimum Gasteiger partial charge on any atom is -0.291 e. The summed E-state index contributed by atoms with van der Waals surface area (Å²) in [6.45, 7) is 0. The molecular formula is C10H7Cl2O. The number of benzene rings is 1. The fourth-order valence-electron chi connectivity index (χ4n) is 0.915. The van der Waals surface area contributed by atoms with Gasteiger partial charge in [-0.25, -0.2) is 0 Å². The molecule has 0 aliphatic heterocycles. The quantitative estimate of drug-likeness (QED) is 0.752. The first kappa shape index (κ1) is 10.3. The van der Waals surface area contributed by atoms with E-state index >= 15 is 0 Å². The molecule has 67 valence electrons. The lowest BCUT2D eigenvalue weighted by Crippen LogP contribution is -1.74. The molecule has 13 heavy (non-hydrogen) atoms. The SMILES string of the molecule is O=[C]CC=Cc1cc(Cl)cc(Cl)c1. The largest absolute Gasteiger partial charge is 0.291 e. The van der Waals surface area contributed by atoms with E-state index in [1.807, 2.05) is 0 Å². The lowest BCUT2D eigenvalue weighted by molar-refractivity contribution is 0.556. The van der Waals surface area contributed by atoms with E-state index < -0.39 is 0 Å². The molecule has 3 heteroatoms. The van der Waals surface area contributed by atoms with E-state index in [9.17, 15) is 4.79 Å². The van der Waals surface area contributed by atoms with Gasteiger partial charge in [-0.3, -0.25) is 4.79 Å². The molecule has 1 nitrogen and oxygen atoms in total.